The number of aliphatic hydroxyl groups is 1. The molecule has 0 aliphatic heterocycles. The molecule has 3 rings (SSSR count). The number of nitrogens with zero attached hydrogens (tertiary/aromatic N) is 2. The lowest BCUT2D eigenvalue weighted by atomic mass is 10.1. The van der Waals surface area contributed by atoms with E-state index in [-0.39, 0.29) is 0 Å². The van der Waals surface area contributed by atoms with E-state index in [4.69, 9.17) is 4.74 Å². The molecule has 22 heavy (non-hydrogen) atoms. The summed E-state index contributed by atoms with van der Waals surface area (Å²) in [5.74, 6) is 1.48. The molecule has 0 unspecified atom stereocenters. The van der Waals surface area contributed by atoms with Crippen LogP contribution in [0.15, 0.2) is 48.5 Å². The van der Waals surface area contributed by atoms with Crippen molar-refractivity contribution in [3.05, 3.63) is 59.9 Å². The molecule has 0 aliphatic carbocycles. The average molecular weight is 296 g/mol. The Bertz CT molecular complexity index is 762. The first-order valence-electron chi connectivity index (χ1n) is 7.60. The lowest BCUT2D eigenvalue weighted by Gasteiger charge is -2.13. The lowest BCUT2D eigenvalue weighted by Crippen LogP contribution is -2.09. The molecule has 0 saturated carbocycles. The van der Waals surface area contributed by atoms with Crippen LogP contribution in [0.5, 0.6) is 5.75 Å². The van der Waals surface area contributed by atoms with Gasteiger partial charge in [-0.2, -0.15) is 0 Å². The van der Waals surface area contributed by atoms with Crippen molar-refractivity contribution in [2.45, 2.75) is 26.5 Å². The second-order valence-electron chi connectivity index (χ2n) is 5.11. The highest BCUT2D eigenvalue weighted by Gasteiger charge is 2.18. The fourth-order valence-electron chi connectivity index (χ4n) is 2.70. The second kappa shape index (κ2) is 6.20. The topological polar surface area (TPSA) is 47.3 Å². The summed E-state index contributed by atoms with van der Waals surface area (Å²) in [4.78, 5) is 4.60. The van der Waals surface area contributed by atoms with Crippen LogP contribution in [0.3, 0.4) is 0 Å². The molecule has 114 valence electrons. The zero-order chi connectivity index (χ0) is 15.5. The maximum atomic E-state index is 10.7. The smallest absolute Gasteiger partial charge is 0.143 e. The molecular weight excluding hydrogens is 276 g/mol. The van der Waals surface area contributed by atoms with Crippen LogP contribution < -0.4 is 4.74 Å². The zero-order valence-electron chi connectivity index (χ0n) is 12.9. The van der Waals surface area contributed by atoms with E-state index in [9.17, 15) is 5.11 Å². The molecule has 1 N–H and O–H groups in total. The maximum absolute atomic E-state index is 10.7. The number of aryl methyl sites for hydroxylation is 1. The van der Waals surface area contributed by atoms with Crippen LogP contribution in [-0.2, 0) is 6.54 Å². The molecule has 3 aromatic rings. The highest BCUT2D eigenvalue weighted by atomic mass is 16.5. The van der Waals surface area contributed by atoms with Gasteiger partial charge < -0.3 is 14.4 Å². The molecule has 0 fully saturated rings. The molecule has 1 aromatic heterocycles. The van der Waals surface area contributed by atoms with Crippen molar-refractivity contribution in [2.75, 3.05) is 6.61 Å². The molecule has 1 heterocycles. The number of ether oxygens (including phenoxy) is 1. The SMILES string of the molecule is CCOc1ccc([C@H](O)c2nc3ccccc3n2CC)cc1. The molecule has 0 bridgehead atoms. The number of aromatic nitrogens is 2. The fourth-order valence-corrected chi connectivity index (χ4v) is 2.70. The summed E-state index contributed by atoms with van der Waals surface area (Å²) < 4.78 is 7.49. The van der Waals surface area contributed by atoms with E-state index in [1.165, 1.54) is 0 Å². The van der Waals surface area contributed by atoms with Crippen LogP contribution in [0.2, 0.25) is 0 Å². The number of imidazole rings is 1. The van der Waals surface area contributed by atoms with Crippen LogP contribution in [0.25, 0.3) is 11.0 Å². The molecule has 0 amide bonds. The molecule has 0 radical (unpaired) electrons. The largest absolute Gasteiger partial charge is 0.494 e. The number of fused-ring (bicyclic) bond motifs is 1. The Labute approximate surface area is 130 Å². The van der Waals surface area contributed by atoms with Gasteiger partial charge in [-0.25, -0.2) is 4.98 Å². The van der Waals surface area contributed by atoms with Crippen molar-refractivity contribution in [3.63, 3.8) is 0 Å². The number of benzene rings is 2. The Morgan fingerprint density at radius 1 is 1.09 bits per heavy atom. The Morgan fingerprint density at radius 3 is 2.50 bits per heavy atom. The first-order chi connectivity index (χ1) is 10.7. The van der Waals surface area contributed by atoms with E-state index in [0.29, 0.717) is 12.4 Å². The van der Waals surface area contributed by atoms with Crippen molar-refractivity contribution in [2.24, 2.45) is 0 Å². The minimum atomic E-state index is -0.747. The molecular formula is C18H20N2O2. The van der Waals surface area contributed by atoms with Crippen molar-refractivity contribution in [1.82, 2.24) is 9.55 Å². The molecule has 0 spiro atoms. The van der Waals surface area contributed by atoms with E-state index in [1.807, 2.05) is 55.5 Å². The Morgan fingerprint density at radius 2 is 1.82 bits per heavy atom. The van der Waals surface area contributed by atoms with Crippen molar-refractivity contribution >= 4 is 11.0 Å². The van der Waals surface area contributed by atoms with Gasteiger partial charge in [-0.3, -0.25) is 0 Å². The summed E-state index contributed by atoms with van der Waals surface area (Å²) in [7, 11) is 0. The minimum Gasteiger partial charge on any atom is -0.494 e. The summed E-state index contributed by atoms with van der Waals surface area (Å²) in [5, 5.41) is 10.7. The summed E-state index contributed by atoms with van der Waals surface area (Å²) in [6.45, 7) is 5.41. The van der Waals surface area contributed by atoms with Crippen LogP contribution in [0, 0.1) is 0 Å². The zero-order valence-corrected chi connectivity index (χ0v) is 12.9. The van der Waals surface area contributed by atoms with Gasteiger partial charge in [-0.05, 0) is 43.7 Å². The fraction of sp³-hybridized carbons (Fsp3) is 0.278. The first-order valence-corrected chi connectivity index (χ1v) is 7.60. The van der Waals surface area contributed by atoms with Gasteiger partial charge in [0.15, 0.2) is 0 Å². The summed E-state index contributed by atoms with van der Waals surface area (Å²) in [6, 6.07) is 15.5. The Hall–Kier alpha value is -2.33. The number of hydrogen-bond acceptors (Lipinski definition) is 3. The molecule has 0 saturated heterocycles. The Balaban J connectivity index is 1.99. The Kier molecular flexibility index (Phi) is 4.11. The van der Waals surface area contributed by atoms with Crippen LogP contribution >= 0.6 is 0 Å². The van der Waals surface area contributed by atoms with Gasteiger partial charge in [0, 0.05) is 6.54 Å². The van der Waals surface area contributed by atoms with Gasteiger partial charge in [0.05, 0.1) is 17.6 Å². The molecule has 1 atom stereocenters. The van der Waals surface area contributed by atoms with E-state index in [0.717, 1.165) is 28.9 Å². The van der Waals surface area contributed by atoms with Gasteiger partial charge in [-0.15, -0.1) is 0 Å². The maximum Gasteiger partial charge on any atom is 0.143 e. The van der Waals surface area contributed by atoms with Crippen molar-refractivity contribution in [1.29, 1.82) is 0 Å². The quantitative estimate of drug-likeness (QED) is 0.783. The van der Waals surface area contributed by atoms with Gasteiger partial charge in [0.2, 0.25) is 0 Å². The third-order valence-electron chi connectivity index (χ3n) is 3.75. The van der Waals surface area contributed by atoms with E-state index in [2.05, 4.69) is 16.5 Å². The molecule has 2 aromatic carbocycles. The van der Waals surface area contributed by atoms with E-state index < -0.39 is 6.10 Å². The summed E-state index contributed by atoms with van der Waals surface area (Å²) in [6.07, 6.45) is -0.747. The first kappa shape index (κ1) is 14.6. The summed E-state index contributed by atoms with van der Waals surface area (Å²) >= 11 is 0. The summed E-state index contributed by atoms with van der Waals surface area (Å²) in [5.41, 5.74) is 2.77. The molecule has 4 heteroatoms. The number of para-hydroxylation sites is 2. The van der Waals surface area contributed by atoms with Crippen LogP contribution in [-0.4, -0.2) is 21.3 Å². The molecule has 0 aliphatic rings. The lowest BCUT2D eigenvalue weighted by molar-refractivity contribution is 0.205. The number of rotatable bonds is 5. The molecule has 4 nitrogen and oxygen atoms in total. The van der Waals surface area contributed by atoms with Gasteiger partial charge >= 0.3 is 0 Å². The highest BCUT2D eigenvalue weighted by molar-refractivity contribution is 5.76. The highest BCUT2D eigenvalue weighted by Crippen LogP contribution is 2.26. The van der Waals surface area contributed by atoms with E-state index >= 15 is 0 Å². The number of aliphatic hydroxyl groups excluding tert-OH is 1. The van der Waals surface area contributed by atoms with Crippen LogP contribution in [0.4, 0.5) is 0 Å². The van der Waals surface area contributed by atoms with Gasteiger partial charge in [0.25, 0.3) is 0 Å². The number of hydrogen-bond donors (Lipinski definition) is 1. The second-order valence-corrected chi connectivity index (χ2v) is 5.11. The van der Waals surface area contributed by atoms with Crippen molar-refractivity contribution in [3.8, 4) is 5.75 Å². The van der Waals surface area contributed by atoms with Crippen molar-refractivity contribution < 1.29 is 9.84 Å². The average Bonchev–Trinajstić information content (AvgIpc) is 2.93. The normalized spacial score (nSPS) is 12.5. The van der Waals surface area contributed by atoms with Crippen LogP contribution in [0.1, 0.15) is 31.3 Å². The predicted molar refractivity (Wildman–Crippen MR) is 87.1 cm³/mol. The van der Waals surface area contributed by atoms with Gasteiger partial charge in [-0.1, -0.05) is 24.3 Å². The third-order valence-corrected chi connectivity index (χ3v) is 3.75. The monoisotopic (exact) mass is 296 g/mol. The minimum absolute atomic E-state index is 0.632. The van der Waals surface area contributed by atoms with Gasteiger partial charge in [0.1, 0.15) is 17.7 Å². The van der Waals surface area contributed by atoms with E-state index in [1.54, 1.807) is 0 Å². The predicted octanol–water partition coefficient (Wildman–Crippen LogP) is 3.54. The third kappa shape index (κ3) is 2.57. The standard InChI is InChI=1S/C18H20N2O2/c1-3-20-16-8-6-5-7-15(16)19-18(20)17(21)13-9-11-14(12-10-13)22-4-2/h5-12,17,21H,3-4H2,1-2H3/t17-/m0/s1.